The third-order valence-electron chi connectivity index (χ3n) is 6.44. The predicted octanol–water partition coefficient (Wildman–Crippen LogP) is 4.18. The summed E-state index contributed by atoms with van der Waals surface area (Å²) >= 11 is 0. The van der Waals surface area contributed by atoms with Crippen molar-refractivity contribution in [3.63, 3.8) is 0 Å². The Bertz CT molecular complexity index is 1610. The summed E-state index contributed by atoms with van der Waals surface area (Å²) in [6.45, 7) is 4.61. The lowest BCUT2D eigenvalue weighted by atomic mass is 10.1. The second-order valence-corrected chi connectivity index (χ2v) is 11.6. The first-order valence-electron chi connectivity index (χ1n) is 12.0. The van der Waals surface area contributed by atoms with Crippen LogP contribution in [0.5, 0.6) is 11.5 Å². The Kier molecular flexibility index (Phi) is 6.70. The van der Waals surface area contributed by atoms with E-state index in [1.807, 2.05) is 41.3 Å². The highest BCUT2D eigenvalue weighted by Crippen LogP contribution is 2.31. The number of anilines is 1. The molecule has 192 valence electrons. The maximum Gasteiger partial charge on any atom is 0.316 e. The number of sulfonamides is 1. The largest absolute Gasteiger partial charge is 0.449 e. The Morgan fingerprint density at radius 2 is 1.65 bits per heavy atom. The molecule has 1 aromatic heterocycles. The smallest absolute Gasteiger partial charge is 0.316 e. The van der Waals surface area contributed by atoms with E-state index >= 15 is 0 Å². The predicted molar refractivity (Wildman–Crippen MR) is 142 cm³/mol. The summed E-state index contributed by atoms with van der Waals surface area (Å²) in [5.41, 5.74) is 0.175. The number of halogens is 1. The minimum Gasteiger partial charge on any atom is -0.449 e. The highest BCUT2D eigenvalue weighted by molar-refractivity contribution is 7.89. The molecule has 0 radical (unpaired) electrons. The van der Waals surface area contributed by atoms with E-state index in [1.54, 1.807) is 26.0 Å². The van der Waals surface area contributed by atoms with Gasteiger partial charge in [0.1, 0.15) is 17.3 Å². The average molecular weight is 523 g/mol. The lowest BCUT2D eigenvalue weighted by Crippen LogP contribution is -2.50. The van der Waals surface area contributed by atoms with Crippen LogP contribution in [0.4, 0.5) is 10.1 Å². The van der Waals surface area contributed by atoms with Crippen molar-refractivity contribution in [2.45, 2.75) is 19.1 Å². The van der Waals surface area contributed by atoms with Gasteiger partial charge in [-0.2, -0.15) is 14.1 Å². The number of hydrogen-bond acceptors (Lipinski definition) is 6. The SMILES string of the molecule is CC(C)S(=O)(=O)N1CCN(c2cnn(-c3cccc(F)c3)c(=O)c2Oc2ccc3ccccc3c2)CC1. The van der Waals surface area contributed by atoms with Gasteiger partial charge in [-0.05, 0) is 55.0 Å². The zero-order valence-corrected chi connectivity index (χ0v) is 21.4. The zero-order valence-electron chi connectivity index (χ0n) is 20.5. The third kappa shape index (κ3) is 4.94. The molecule has 1 fully saturated rings. The fraction of sp³-hybridized carbons (Fsp3) is 0.259. The van der Waals surface area contributed by atoms with E-state index in [4.69, 9.17) is 4.74 Å². The number of piperazine rings is 1. The summed E-state index contributed by atoms with van der Waals surface area (Å²) in [6.07, 6.45) is 1.51. The molecule has 0 amide bonds. The lowest BCUT2D eigenvalue weighted by Gasteiger charge is -2.36. The highest BCUT2D eigenvalue weighted by atomic mass is 32.2. The Labute approximate surface area is 214 Å². The van der Waals surface area contributed by atoms with Crippen LogP contribution in [0.25, 0.3) is 16.5 Å². The van der Waals surface area contributed by atoms with Crippen LogP contribution in [0.1, 0.15) is 13.8 Å². The first kappa shape index (κ1) is 24.9. The van der Waals surface area contributed by atoms with E-state index in [0.717, 1.165) is 15.5 Å². The van der Waals surface area contributed by atoms with Gasteiger partial charge in [0.25, 0.3) is 0 Å². The van der Waals surface area contributed by atoms with Crippen molar-refractivity contribution in [3.05, 3.63) is 89.1 Å². The molecule has 0 unspecified atom stereocenters. The van der Waals surface area contributed by atoms with Gasteiger partial charge in [0.2, 0.25) is 15.8 Å². The Morgan fingerprint density at radius 3 is 2.35 bits per heavy atom. The van der Waals surface area contributed by atoms with Crippen molar-refractivity contribution in [3.8, 4) is 17.2 Å². The molecule has 1 aliphatic rings. The summed E-state index contributed by atoms with van der Waals surface area (Å²) in [5, 5.41) is 5.77. The Balaban J connectivity index is 1.54. The second-order valence-electron chi connectivity index (χ2n) is 9.15. The number of fused-ring (bicyclic) bond motifs is 1. The third-order valence-corrected chi connectivity index (χ3v) is 8.72. The molecule has 0 aliphatic carbocycles. The normalized spacial score (nSPS) is 14.9. The van der Waals surface area contributed by atoms with E-state index in [2.05, 4.69) is 5.10 Å². The zero-order chi connectivity index (χ0) is 26.2. The van der Waals surface area contributed by atoms with Crippen LogP contribution < -0.4 is 15.2 Å². The first-order valence-corrected chi connectivity index (χ1v) is 13.5. The van der Waals surface area contributed by atoms with E-state index in [0.29, 0.717) is 24.5 Å². The van der Waals surface area contributed by atoms with Crippen molar-refractivity contribution in [2.75, 3.05) is 31.1 Å². The molecular weight excluding hydrogens is 495 g/mol. The van der Waals surface area contributed by atoms with Crippen LogP contribution in [0.2, 0.25) is 0 Å². The first-order chi connectivity index (χ1) is 17.7. The van der Waals surface area contributed by atoms with E-state index in [1.165, 1.54) is 28.7 Å². The summed E-state index contributed by atoms with van der Waals surface area (Å²) < 4.78 is 47.9. The van der Waals surface area contributed by atoms with Crippen LogP contribution in [0, 0.1) is 5.82 Å². The topological polar surface area (TPSA) is 84.7 Å². The molecule has 0 spiro atoms. The van der Waals surface area contributed by atoms with Crippen LogP contribution >= 0.6 is 0 Å². The molecule has 3 aromatic carbocycles. The Morgan fingerprint density at radius 1 is 0.919 bits per heavy atom. The molecular formula is C27H27FN4O4S. The molecule has 8 nitrogen and oxygen atoms in total. The van der Waals surface area contributed by atoms with Gasteiger partial charge < -0.3 is 9.64 Å². The molecule has 2 heterocycles. The number of hydrogen-bond donors (Lipinski definition) is 0. The molecule has 10 heteroatoms. The maximum atomic E-state index is 13.9. The monoisotopic (exact) mass is 522 g/mol. The van der Waals surface area contributed by atoms with Gasteiger partial charge in [-0.3, -0.25) is 4.79 Å². The summed E-state index contributed by atoms with van der Waals surface area (Å²) in [5.74, 6) is 0.0135. The minimum absolute atomic E-state index is 0.0368. The molecule has 1 saturated heterocycles. The fourth-order valence-corrected chi connectivity index (χ4v) is 5.64. The molecule has 37 heavy (non-hydrogen) atoms. The second kappa shape index (κ2) is 9.95. The maximum absolute atomic E-state index is 13.9. The summed E-state index contributed by atoms with van der Waals surface area (Å²) in [7, 11) is -3.38. The van der Waals surface area contributed by atoms with Gasteiger partial charge in [0, 0.05) is 26.2 Å². The van der Waals surface area contributed by atoms with Crippen molar-refractivity contribution >= 4 is 26.5 Å². The van der Waals surface area contributed by atoms with Gasteiger partial charge in [-0.25, -0.2) is 12.8 Å². The van der Waals surface area contributed by atoms with Gasteiger partial charge in [0.05, 0.1) is 17.1 Å². The van der Waals surface area contributed by atoms with E-state index < -0.39 is 26.6 Å². The fourth-order valence-electron chi connectivity index (χ4n) is 4.37. The molecule has 0 saturated carbocycles. The molecule has 0 atom stereocenters. The van der Waals surface area contributed by atoms with Gasteiger partial charge in [-0.1, -0.05) is 36.4 Å². The number of rotatable bonds is 6. The van der Waals surface area contributed by atoms with Crippen LogP contribution in [0.3, 0.4) is 0 Å². The molecule has 0 N–H and O–H groups in total. The summed E-state index contributed by atoms with van der Waals surface area (Å²) in [6, 6.07) is 19.0. The van der Waals surface area contributed by atoms with E-state index in [9.17, 15) is 17.6 Å². The Hall–Kier alpha value is -3.76. The number of nitrogens with zero attached hydrogens (tertiary/aromatic N) is 4. The van der Waals surface area contributed by atoms with Crippen LogP contribution in [-0.2, 0) is 10.0 Å². The van der Waals surface area contributed by atoms with Gasteiger partial charge in [0.15, 0.2) is 0 Å². The molecule has 4 aromatic rings. The lowest BCUT2D eigenvalue weighted by molar-refractivity contribution is 0.378. The van der Waals surface area contributed by atoms with Crippen molar-refractivity contribution in [2.24, 2.45) is 0 Å². The van der Waals surface area contributed by atoms with Gasteiger partial charge in [-0.15, -0.1) is 0 Å². The quantitative estimate of drug-likeness (QED) is 0.378. The minimum atomic E-state index is -3.38. The number of aromatic nitrogens is 2. The van der Waals surface area contributed by atoms with Crippen molar-refractivity contribution in [1.82, 2.24) is 14.1 Å². The molecule has 5 rings (SSSR count). The van der Waals surface area contributed by atoms with Crippen molar-refractivity contribution < 1.29 is 17.5 Å². The standard InChI is InChI=1S/C27H27FN4O4S/c1-19(2)37(34,35)31-14-12-30(13-15-31)25-18-29-32(23-9-5-8-22(28)17-23)27(33)26(25)36-24-11-10-20-6-3-4-7-21(20)16-24/h3-11,16-19H,12-15H2,1-2H3. The highest BCUT2D eigenvalue weighted by Gasteiger charge is 2.31. The number of ether oxygens (including phenoxy) is 1. The average Bonchev–Trinajstić information content (AvgIpc) is 2.89. The van der Waals surface area contributed by atoms with Crippen LogP contribution in [-0.4, -0.2) is 53.9 Å². The summed E-state index contributed by atoms with van der Waals surface area (Å²) in [4.78, 5) is 15.5. The number of benzene rings is 3. The van der Waals surface area contributed by atoms with Crippen molar-refractivity contribution in [1.29, 1.82) is 0 Å². The van der Waals surface area contributed by atoms with Crippen LogP contribution in [0.15, 0.2) is 77.7 Å². The molecule has 0 bridgehead atoms. The van der Waals surface area contributed by atoms with Gasteiger partial charge >= 0.3 is 5.56 Å². The molecule has 1 aliphatic heterocycles. The van der Waals surface area contributed by atoms with E-state index in [-0.39, 0.29) is 24.5 Å².